The lowest BCUT2D eigenvalue weighted by Crippen LogP contribution is -3.00. The summed E-state index contributed by atoms with van der Waals surface area (Å²) in [6, 6.07) is 39.6. The number of allylic oxidation sites excluding steroid dienone is 2. The third-order valence-corrected chi connectivity index (χ3v) is 14.5. The molecule has 0 N–H and O–H groups in total. The van der Waals surface area contributed by atoms with Crippen LogP contribution >= 0.6 is 23.5 Å². The number of pyridine rings is 2. The third-order valence-electron chi connectivity index (χ3n) is 12.1. The topological polar surface area (TPSA) is 14.2 Å². The number of benzene rings is 4. The first-order valence-electron chi connectivity index (χ1n) is 21.1. The van der Waals surface area contributed by atoms with Crippen LogP contribution < -0.4 is 115 Å². The Balaban J connectivity index is 0.00000218. The van der Waals surface area contributed by atoms with Crippen molar-refractivity contribution >= 4 is 68.9 Å². The summed E-state index contributed by atoms with van der Waals surface area (Å²) in [6.07, 6.45) is 17.1. The molecule has 2 aromatic heterocycles. The van der Waals surface area contributed by atoms with Crippen LogP contribution in [-0.2, 0) is 13.1 Å². The fourth-order valence-corrected chi connectivity index (χ4v) is 10.8. The van der Waals surface area contributed by atoms with Gasteiger partial charge in [-0.1, -0.05) is 84.2 Å². The molecule has 12 heteroatoms. The highest BCUT2D eigenvalue weighted by atomic mass is 127. The molecule has 8 rings (SSSR count). The number of anilines is 2. The van der Waals surface area contributed by atoms with Crippen LogP contribution in [-0.4, -0.2) is 77.4 Å². The van der Waals surface area contributed by atoms with Crippen LogP contribution in [0.2, 0.25) is 0 Å². The molecule has 6 aromatic rings. The Labute approximate surface area is 453 Å². The van der Waals surface area contributed by atoms with E-state index >= 15 is 0 Å². The van der Waals surface area contributed by atoms with Gasteiger partial charge in [-0.3, -0.25) is 0 Å². The molecule has 4 aromatic carbocycles. The highest BCUT2D eigenvalue weighted by Gasteiger charge is 2.25. The summed E-state index contributed by atoms with van der Waals surface area (Å²) in [5, 5.41) is 5.13. The maximum absolute atomic E-state index is 2.45. The number of nitrogens with zero attached hydrogens (tertiary/aromatic N) is 6. The molecule has 0 atom stereocenters. The van der Waals surface area contributed by atoms with Gasteiger partial charge in [-0.2, -0.15) is 9.13 Å². The SMILES string of the molecule is CN1/C(=C/C=C/c2cc[n+](CCC[N+](C)(C)CCC[N+](C)(C)CCC[n+]3ccc(/C=C4\Sc5ccccc5N4C)c4ccccc43)c3ccccc23)Sc2ccccc21.[I-].[I-].[I-].[I-]. The first-order valence-corrected chi connectivity index (χ1v) is 22.8. The zero-order valence-electron chi connectivity index (χ0n) is 37.2. The number of quaternary nitrogens is 2. The molecule has 63 heavy (non-hydrogen) atoms. The van der Waals surface area contributed by atoms with Gasteiger partial charge in [-0.25, -0.2) is 0 Å². The molecule has 2 aliphatic heterocycles. The molecule has 0 saturated heterocycles. The predicted octanol–water partition coefficient (Wildman–Crippen LogP) is -1.76. The number of aromatic nitrogens is 2. The molecule has 0 aliphatic carbocycles. The Hall–Kier alpha value is -1.94. The molecular weight excluding hydrogens is 1270 g/mol. The van der Waals surface area contributed by atoms with Gasteiger partial charge in [0.1, 0.15) is 0 Å². The monoisotopic (exact) mass is 1330 g/mol. The second kappa shape index (κ2) is 24.2. The number of aryl methyl sites for hydroxylation is 2. The molecule has 0 radical (unpaired) electrons. The minimum atomic E-state index is 0. The molecule has 0 amide bonds. The number of fused-ring (bicyclic) bond motifs is 4. The van der Waals surface area contributed by atoms with E-state index in [1.807, 2.05) is 23.5 Å². The molecule has 0 saturated carbocycles. The van der Waals surface area contributed by atoms with Crippen molar-refractivity contribution in [2.24, 2.45) is 0 Å². The van der Waals surface area contributed by atoms with E-state index in [2.05, 4.69) is 207 Å². The van der Waals surface area contributed by atoms with Gasteiger partial charge in [-0.15, -0.1) is 0 Å². The van der Waals surface area contributed by atoms with Gasteiger partial charge >= 0.3 is 0 Å². The van der Waals surface area contributed by atoms with Gasteiger partial charge in [0, 0.05) is 54.6 Å². The molecule has 0 fully saturated rings. The summed E-state index contributed by atoms with van der Waals surface area (Å²) in [5.41, 5.74) is 7.69. The Kier molecular flexibility index (Phi) is 20.6. The van der Waals surface area contributed by atoms with Gasteiger partial charge in [-0.05, 0) is 59.7 Å². The lowest BCUT2D eigenvalue weighted by Gasteiger charge is -2.33. The van der Waals surface area contributed by atoms with Gasteiger partial charge in [0.15, 0.2) is 25.5 Å². The van der Waals surface area contributed by atoms with Gasteiger partial charge in [0.05, 0.1) is 99.4 Å². The highest BCUT2D eigenvalue weighted by molar-refractivity contribution is 8.04. The number of halogens is 4. The van der Waals surface area contributed by atoms with E-state index in [-0.39, 0.29) is 95.9 Å². The summed E-state index contributed by atoms with van der Waals surface area (Å²) < 4.78 is 7.00. The van der Waals surface area contributed by atoms with Crippen molar-refractivity contribution in [2.45, 2.75) is 42.1 Å². The average molecular weight is 1330 g/mol. The van der Waals surface area contributed by atoms with Crippen molar-refractivity contribution in [3.8, 4) is 0 Å². The minimum absolute atomic E-state index is 0. The van der Waals surface area contributed by atoms with Crippen LogP contribution in [0.25, 0.3) is 34.0 Å². The molecule has 2 aliphatic rings. The summed E-state index contributed by atoms with van der Waals surface area (Å²) in [6.45, 7) is 6.76. The van der Waals surface area contributed by atoms with E-state index in [0.29, 0.717) is 0 Å². The maximum Gasteiger partial charge on any atom is 0.213 e. The van der Waals surface area contributed by atoms with Crippen molar-refractivity contribution in [1.82, 2.24) is 0 Å². The molecule has 6 nitrogen and oxygen atoms in total. The van der Waals surface area contributed by atoms with Gasteiger partial charge < -0.3 is 115 Å². The Morgan fingerprint density at radius 2 is 0.937 bits per heavy atom. The van der Waals surface area contributed by atoms with Crippen LogP contribution in [0.4, 0.5) is 11.4 Å². The number of hydrogen-bond acceptors (Lipinski definition) is 4. The van der Waals surface area contributed by atoms with Crippen LogP contribution in [0.5, 0.6) is 0 Å². The molecular formula is C51H60I4N6S2. The zero-order chi connectivity index (χ0) is 41.0. The third kappa shape index (κ3) is 13.2. The fourth-order valence-electron chi connectivity index (χ4n) is 8.65. The molecule has 4 heterocycles. The van der Waals surface area contributed by atoms with Gasteiger partial charge in [0.2, 0.25) is 11.0 Å². The van der Waals surface area contributed by atoms with Gasteiger partial charge in [0.25, 0.3) is 0 Å². The largest absolute Gasteiger partial charge is 1.00 e. The second-order valence-corrected chi connectivity index (χ2v) is 19.5. The number of rotatable bonds is 15. The fraction of sp³-hybridized carbons (Fsp3) is 0.294. The van der Waals surface area contributed by atoms with Crippen LogP contribution in [0.1, 0.15) is 30.4 Å². The molecule has 0 unspecified atom stereocenters. The van der Waals surface area contributed by atoms with E-state index < -0.39 is 0 Å². The van der Waals surface area contributed by atoms with Crippen LogP contribution in [0, 0.1) is 0 Å². The van der Waals surface area contributed by atoms with Crippen molar-refractivity contribution in [2.75, 3.05) is 78.3 Å². The molecule has 0 spiro atoms. The van der Waals surface area contributed by atoms with Crippen LogP contribution in [0.3, 0.4) is 0 Å². The lowest BCUT2D eigenvalue weighted by molar-refractivity contribution is -0.911. The smallest absolute Gasteiger partial charge is 0.213 e. The van der Waals surface area contributed by atoms with E-state index in [0.717, 1.165) is 48.0 Å². The first kappa shape index (κ1) is 53.7. The highest BCUT2D eigenvalue weighted by Crippen LogP contribution is 2.46. The second-order valence-electron chi connectivity index (χ2n) is 17.4. The Morgan fingerprint density at radius 1 is 0.508 bits per heavy atom. The van der Waals surface area contributed by atoms with E-state index in [1.165, 1.54) is 83.7 Å². The van der Waals surface area contributed by atoms with Crippen molar-refractivity contribution in [1.29, 1.82) is 0 Å². The summed E-state index contributed by atoms with van der Waals surface area (Å²) in [4.78, 5) is 7.22. The summed E-state index contributed by atoms with van der Waals surface area (Å²) in [5.74, 6) is 0. The van der Waals surface area contributed by atoms with Crippen molar-refractivity contribution in [3.63, 3.8) is 0 Å². The standard InChI is InChI=1S/C51H60N6S2.4HI/c1-52-46-24-11-13-26-48(46)58-50(52)28-15-19-40-29-33-54(44-22-9-7-20-42(40)44)31-16-35-56(3,4)37-18-38-57(5,6)36-17-32-55-34-30-41(43-21-8-10-23-45(43)55)39-51-53(2)47-25-12-14-27-49(47)59-51;;;;/h7-15,19-30,33-34,39H,16-18,31-32,35-38H2,1-6H3;4*1H/q+4;;;;/p-4. The Morgan fingerprint density at radius 3 is 1.48 bits per heavy atom. The minimum Gasteiger partial charge on any atom is -1.00 e. The van der Waals surface area contributed by atoms with Crippen molar-refractivity contribution in [3.05, 3.63) is 155 Å². The zero-order valence-corrected chi connectivity index (χ0v) is 47.5. The molecule has 0 bridgehead atoms. The Bertz CT molecular complexity index is 2580. The number of para-hydroxylation sites is 4. The van der Waals surface area contributed by atoms with Crippen LogP contribution in [0.15, 0.2) is 154 Å². The lowest BCUT2D eigenvalue weighted by atomic mass is 10.1. The predicted molar refractivity (Wildman–Crippen MR) is 252 cm³/mol. The van der Waals surface area contributed by atoms with E-state index in [9.17, 15) is 0 Å². The summed E-state index contributed by atoms with van der Waals surface area (Å²) >= 11 is 3.69. The summed E-state index contributed by atoms with van der Waals surface area (Å²) in [7, 11) is 14.0. The average Bonchev–Trinajstić information content (AvgIpc) is 3.73. The number of thioether (sulfide) groups is 2. The first-order chi connectivity index (χ1) is 28.6. The normalized spacial score (nSPS) is 14.7. The quantitative estimate of drug-likeness (QED) is 0.0689. The van der Waals surface area contributed by atoms with Crippen molar-refractivity contribution < 1.29 is 114 Å². The van der Waals surface area contributed by atoms with E-state index in [1.54, 1.807) is 0 Å². The van der Waals surface area contributed by atoms with E-state index in [4.69, 9.17) is 0 Å². The molecule has 334 valence electrons. The maximum atomic E-state index is 2.45. The number of hydrogen-bond donors (Lipinski definition) is 0.